The van der Waals surface area contributed by atoms with Gasteiger partial charge < -0.3 is 16.0 Å². The summed E-state index contributed by atoms with van der Waals surface area (Å²) in [6.07, 6.45) is 1.43. The Balaban J connectivity index is 1.58. The molecule has 0 bridgehead atoms. The van der Waals surface area contributed by atoms with Crippen LogP contribution < -0.4 is 16.0 Å². The Bertz CT molecular complexity index is 434. The molecule has 0 radical (unpaired) electrons. The van der Waals surface area contributed by atoms with Crippen LogP contribution in [-0.2, 0) is 16.1 Å². The normalized spacial score (nSPS) is 18.1. The molecule has 1 unspecified atom stereocenters. The van der Waals surface area contributed by atoms with Gasteiger partial charge in [0.15, 0.2) is 0 Å². The molecule has 0 aromatic heterocycles. The van der Waals surface area contributed by atoms with Gasteiger partial charge >= 0.3 is 0 Å². The molecular formula is C14H19N3O2. The SMILES string of the molecule is O=C(CNCC1CCC(=O)N1)NCc1ccccc1. The second-order valence-corrected chi connectivity index (χ2v) is 4.70. The molecule has 2 rings (SSSR count). The first-order valence-electron chi connectivity index (χ1n) is 6.55. The number of amides is 2. The molecule has 5 nitrogen and oxygen atoms in total. The maximum atomic E-state index is 11.6. The van der Waals surface area contributed by atoms with Crippen LogP contribution in [0.1, 0.15) is 18.4 Å². The van der Waals surface area contributed by atoms with E-state index < -0.39 is 0 Å². The van der Waals surface area contributed by atoms with Gasteiger partial charge in [0.25, 0.3) is 0 Å². The number of carbonyl (C=O) groups excluding carboxylic acids is 2. The number of hydrogen-bond acceptors (Lipinski definition) is 3. The minimum absolute atomic E-state index is 0.0341. The summed E-state index contributed by atoms with van der Waals surface area (Å²) < 4.78 is 0. The van der Waals surface area contributed by atoms with Crippen molar-refractivity contribution in [3.63, 3.8) is 0 Å². The fourth-order valence-corrected chi connectivity index (χ4v) is 2.05. The third kappa shape index (κ3) is 4.71. The zero-order valence-corrected chi connectivity index (χ0v) is 10.8. The van der Waals surface area contributed by atoms with Crippen LogP contribution in [0.25, 0.3) is 0 Å². The molecule has 1 heterocycles. The Hall–Kier alpha value is -1.88. The molecule has 0 saturated carbocycles. The Morgan fingerprint density at radius 1 is 1.32 bits per heavy atom. The minimum Gasteiger partial charge on any atom is -0.352 e. The summed E-state index contributed by atoms with van der Waals surface area (Å²) in [6.45, 7) is 1.46. The van der Waals surface area contributed by atoms with Crippen molar-refractivity contribution in [3.8, 4) is 0 Å². The second kappa shape index (κ2) is 6.89. The molecule has 19 heavy (non-hydrogen) atoms. The first kappa shape index (κ1) is 13.5. The molecule has 2 amide bonds. The molecular weight excluding hydrogens is 242 g/mol. The average molecular weight is 261 g/mol. The van der Waals surface area contributed by atoms with E-state index in [0.29, 0.717) is 19.5 Å². The summed E-state index contributed by atoms with van der Waals surface area (Å²) in [6, 6.07) is 9.95. The molecule has 1 saturated heterocycles. The van der Waals surface area contributed by atoms with Gasteiger partial charge in [0.1, 0.15) is 0 Å². The molecule has 5 heteroatoms. The van der Waals surface area contributed by atoms with Crippen LogP contribution >= 0.6 is 0 Å². The van der Waals surface area contributed by atoms with E-state index in [1.165, 1.54) is 0 Å². The van der Waals surface area contributed by atoms with Gasteiger partial charge in [0.05, 0.1) is 6.54 Å². The fourth-order valence-electron chi connectivity index (χ4n) is 2.05. The zero-order chi connectivity index (χ0) is 13.5. The van der Waals surface area contributed by atoms with Crippen molar-refractivity contribution in [2.75, 3.05) is 13.1 Å². The third-order valence-corrected chi connectivity index (χ3v) is 3.09. The van der Waals surface area contributed by atoms with Gasteiger partial charge in [-0.2, -0.15) is 0 Å². The van der Waals surface area contributed by atoms with Gasteiger partial charge in [-0.3, -0.25) is 9.59 Å². The standard InChI is InChI=1S/C14H19N3O2/c18-13-7-6-12(17-13)9-15-10-14(19)16-8-11-4-2-1-3-5-11/h1-5,12,15H,6-10H2,(H,16,19)(H,17,18). The number of hydrogen-bond donors (Lipinski definition) is 3. The van der Waals surface area contributed by atoms with E-state index in [9.17, 15) is 9.59 Å². The van der Waals surface area contributed by atoms with Crippen LogP contribution in [0, 0.1) is 0 Å². The van der Waals surface area contributed by atoms with Gasteiger partial charge in [-0.1, -0.05) is 30.3 Å². The van der Waals surface area contributed by atoms with Crippen molar-refractivity contribution in [2.24, 2.45) is 0 Å². The fraction of sp³-hybridized carbons (Fsp3) is 0.429. The molecule has 1 aliphatic heterocycles. The van der Waals surface area contributed by atoms with Crippen molar-refractivity contribution in [1.29, 1.82) is 0 Å². The Labute approximate surface area is 112 Å². The van der Waals surface area contributed by atoms with E-state index >= 15 is 0 Å². The second-order valence-electron chi connectivity index (χ2n) is 4.70. The maximum absolute atomic E-state index is 11.6. The number of benzene rings is 1. The molecule has 1 aliphatic rings. The highest BCUT2D eigenvalue weighted by atomic mass is 16.2. The predicted octanol–water partition coefficient (Wildman–Crippen LogP) is 0.171. The van der Waals surface area contributed by atoms with Gasteiger partial charge in [0, 0.05) is 25.6 Å². The predicted molar refractivity (Wildman–Crippen MR) is 72.3 cm³/mol. The quantitative estimate of drug-likeness (QED) is 0.684. The summed E-state index contributed by atoms with van der Waals surface area (Å²) in [5, 5.41) is 8.75. The van der Waals surface area contributed by atoms with Crippen molar-refractivity contribution in [1.82, 2.24) is 16.0 Å². The Morgan fingerprint density at radius 2 is 2.11 bits per heavy atom. The Morgan fingerprint density at radius 3 is 2.79 bits per heavy atom. The highest BCUT2D eigenvalue weighted by Gasteiger charge is 2.19. The van der Waals surface area contributed by atoms with E-state index in [1.807, 2.05) is 30.3 Å². The number of carbonyl (C=O) groups is 2. The average Bonchev–Trinajstić information content (AvgIpc) is 2.83. The number of nitrogens with one attached hydrogen (secondary N) is 3. The first-order chi connectivity index (χ1) is 9.24. The molecule has 0 spiro atoms. The van der Waals surface area contributed by atoms with Crippen LogP contribution in [0.5, 0.6) is 0 Å². The monoisotopic (exact) mass is 261 g/mol. The van der Waals surface area contributed by atoms with E-state index in [4.69, 9.17) is 0 Å². The van der Waals surface area contributed by atoms with Gasteiger partial charge in [-0.15, -0.1) is 0 Å². The van der Waals surface area contributed by atoms with E-state index in [0.717, 1.165) is 12.0 Å². The molecule has 102 valence electrons. The first-order valence-corrected chi connectivity index (χ1v) is 6.55. The molecule has 1 atom stereocenters. The van der Waals surface area contributed by atoms with Crippen LogP contribution in [0.15, 0.2) is 30.3 Å². The lowest BCUT2D eigenvalue weighted by molar-refractivity contribution is -0.120. The highest BCUT2D eigenvalue weighted by molar-refractivity contribution is 5.79. The Kier molecular flexibility index (Phi) is 4.92. The maximum Gasteiger partial charge on any atom is 0.234 e. The lowest BCUT2D eigenvalue weighted by Crippen LogP contribution is -2.40. The van der Waals surface area contributed by atoms with Crippen LogP contribution in [-0.4, -0.2) is 30.9 Å². The lowest BCUT2D eigenvalue weighted by Gasteiger charge is -2.11. The smallest absolute Gasteiger partial charge is 0.234 e. The molecule has 1 fully saturated rings. The van der Waals surface area contributed by atoms with Gasteiger partial charge in [-0.25, -0.2) is 0 Å². The van der Waals surface area contributed by atoms with Crippen LogP contribution in [0.4, 0.5) is 0 Å². The molecule has 0 aliphatic carbocycles. The topological polar surface area (TPSA) is 70.2 Å². The van der Waals surface area contributed by atoms with Crippen LogP contribution in [0.3, 0.4) is 0 Å². The van der Waals surface area contributed by atoms with E-state index in [-0.39, 0.29) is 24.4 Å². The van der Waals surface area contributed by atoms with Crippen molar-refractivity contribution in [2.45, 2.75) is 25.4 Å². The lowest BCUT2D eigenvalue weighted by atomic mass is 10.2. The highest BCUT2D eigenvalue weighted by Crippen LogP contribution is 2.04. The molecule has 1 aromatic rings. The van der Waals surface area contributed by atoms with E-state index in [2.05, 4.69) is 16.0 Å². The zero-order valence-electron chi connectivity index (χ0n) is 10.8. The van der Waals surface area contributed by atoms with Crippen molar-refractivity contribution in [3.05, 3.63) is 35.9 Å². The summed E-state index contributed by atoms with van der Waals surface area (Å²) in [7, 11) is 0. The summed E-state index contributed by atoms with van der Waals surface area (Å²) >= 11 is 0. The molecule has 3 N–H and O–H groups in total. The molecule has 1 aromatic carbocycles. The van der Waals surface area contributed by atoms with Crippen molar-refractivity contribution >= 4 is 11.8 Å². The third-order valence-electron chi connectivity index (χ3n) is 3.09. The number of rotatable bonds is 6. The summed E-state index contributed by atoms with van der Waals surface area (Å²) in [4.78, 5) is 22.6. The largest absolute Gasteiger partial charge is 0.352 e. The van der Waals surface area contributed by atoms with Gasteiger partial charge in [0.2, 0.25) is 11.8 Å². The van der Waals surface area contributed by atoms with Crippen molar-refractivity contribution < 1.29 is 9.59 Å². The van der Waals surface area contributed by atoms with Crippen LogP contribution in [0.2, 0.25) is 0 Å². The van der Waals surface area contributed by atoms with Gasteiger partial charge in [-0.05, 0) is 12.0 Å². The van der Waals surface area contributed by atoms with E-state index in [1.54, 1.807) is 0 Å². The summed E-state index contributed by atoms with van der Waals surface area (Å²) in [5.74, 6) is 0.0634. The summed E-state index contributed by atoms with van der Waals surface area (Å²) in [5.41, 5.74) is 1.08. The minimum atomic E-state index is -0.0341.